The lowest BCUT2D eigenvalue weighted by Gasteiger charge is -2.38. The van der Waals surface area contributed by atoms with Gasteiger partial charge in [-0.15, -0.1) is 0 Å². The van der Waals surface area contributed by atoms with Crippen LogP contribution in [0.5, 0.6) is 0 Å². The van der Waals surface area contributed by atoms with E-state index in [2.05, 4.69) is 4.72 Å². The molecule has 1 heterocycles. The topological polar surface area (TPSA) is 98.5 Å². The van der Waals surface area contributed by atoms with E-state index in [-0.39, 0.29) is 22.5 Å². The molecule has 1 saturated heterocycles. The van der Waals surface area contributed by atoms with Gasteiger partial charge in [0.1, 0.15) is 0 Å². The normalized spacial score (nSPS) is 16.8. The maximum absolute atomic E-state index is 12.9. The van der Waals surface area contributed by atoms with Crippen molar-refractivity contribution in [2.45, 2.75) is 30.1 Å². The van der Waals surface area contributed by atoms with Gasteiger partial charge in [0.15, 0.2) is 0 Å². The minimum absolute atomic E-state index is 0.0630. The monoisotopic (exact) mass is 390 g/mol. The highest BCUT2D eigenvalue weighted by molar-refractivity contribution is 7.89. The smallest absolute Gasteiger partial charge is 0.270 e. The Hall–Kier alpha value is -2.29. The van der Waals surface area contributed by atoms with Crippen LogP contribution in [0.1, 0.15) is 24.0 Å². The van der Waals surface area contributed by atoms with Crippen LogP contribution in [0, 0.1) is 17.0 Å². The number of hydrogen-bond acceptors (Lipinski definition) is 5. The zero-order valence-corrected chi connectivity index (χ0v) is 15.9. The number of nitrogens with one attached hydrogen (secondary N) is 1. The van der Waals surface area contributed by atoms with Gasteiger partial charge in [0.2, 0.25) is 10.0 Å². The molecule has 1 N–H and O–H groups in total. The summed E-state index contributed by atoms with van der Waals surface area (Å²) in [4.78, 5) is 10.4. The van der Waals surface area contributed by atoms with Gasteiger partial charge >= 0.3 is 0 Å². The van der Waals surface area contributed by atoms with Gasteiger partial charge < -0.3 is 4.74 Å². The molecule has 0 atom stereocenters. The molecular weight excluding hydrogens is 368 g/mol. The fourth-order valence-electron chi connectivity index (χ4n) is 3.42. The number of nitrogens with zero attached hydrogens (tertiary/aromatic N) is 1. The average Bonchev–Trinajstić information content (AvgIpc) is 2.68. The van der Waals surface area contributed by atoms with Crippen molar-refractivity contribution in [1.82, 2.24) is 4.72 Å². The van der Waals surface area contributed by atoms with E-state index in [1.807, 2.05) is 30.3 Å². The summed E-state index contributed by atoms with van der Waals surface area (Å²) in [5.74, 6) is 0. The summed E-state index contributed by atoms with van der Waals surface area (Å²) in [7, 11) is -3.89. The van der Waals surface area contributed by atoms with Crippen LogP contribution in [0.25, 0.3) is 0 Å². The molecule has 0 spiro atoms. The second-order valence-corrected chi connectivity index (χ2v) is 8.53. The number of benzene rings is 2. The fraction of sp³-hybridized carbons (Fsp3) is 0.368. The third-order valence-corrected chi connectivity index (χ3v) is 6.65. The Balaban J connectivity index is 1.89. The van der Waals surface area contributed by atoms with Crippen LogP contribution < -0.4 is 4.72 Å². The Morgan fingerprint density at radius 2 is 1.81 bits per heavy atom. The Kier molecular flexibility index (Phi) is 5.59. The Morgan fingerprint density at radius 3 is 2.44 bits per heavy atom. The number of ether oxygens (including phenoxy) is 1. The molecule has 1 aliphatic heterocycles. The van der Waals surface area contributed by atoms with Crippen LogP contribution in [0.15, 0.2) is 53.4 Å². The number of aryl methyl sites for hydroxylation is 1. The fourth-order valence-corrected chi connectivity index (χ4v) is 4.81. The first-order valence-corrected chi connectivity index (χ1v) is 10.2. The standard InChI is InChI=1S/C19H22N2O5S/c1-15-7-8-17(21(22)23)13-18(15)27(24,25)20-14-19(9-11-26-12-10-19)16-5-3-2-4-6-16/h2-8,13,20H,9-12,14H2,1H3. The molecule has 144 valence electrons. The second-order valence-electron chi connectivity index (χ2n) is 6.79. The summed E-state index contributed by atoms with van der Waals surface area (Å²) in [5, 5.41) is 11.0. The van der Waals surface area contributed by atoms with Crippen molar-refractivity contribution < 1.29 is 18.1 Å². The number of nitro benzene ring substituents is 1. The quantitative estimate of drug-likeness (QED) is 0.604. The number of nitro groups is 1. The molecule has 7 nitrogen and oxygen atoms in total. The van der Waals surface area contributed by atoms with Gasteiger partial charge in [-0.05, 0) is 30.9 Å². The SMILES string of the molecule is Cc1ccc([N+](=O)[O-])cc1S(=O)(=O)NCC1(c2ccccc2)CCOCC1. The molecule has 0 radical (unpaired) electrons. The van der Waals surface area contributed by atoms with Gasteiger partial charge in [-0.2, -0.15) is 0 Å². The maximum atomic E-state index is 12.9. The third-order valence-electron chi connectivity index (χ3n) is 5.11. The van der Waals surface area contributed by atoms with E-state index in [1.54, 1.807) is 6.92 Å². The summed E-state index contributed by atoms with van der Waals surface area (Å²) in [5.41, 5.74) is 0.923. The predicted molar refractivity (Wildman–Crippen MR) is 101 cm³/mol. The molecule has 8 heteroatoms. The number of rotatable bonds is 6. The molecule has 0 unspecified atom stereocenters. The maximum Gasteiger partial charge on any atom is 0.270 e. The highest BCUT2D eigenvalue weighted by Crippen LogP contribution is 2.34. The molecule has 0 aromatic heterocycles. The van der Waals surface area contributed by atoms with Crippen LogP contribution in [0.2, 0.25) is 0 Å². The Morgan fingerprint density at radius 1 is 1.15 bits per heavy atom. The van der Waals surface area contributed by atoms with Crippen LogP contribution >= 0.6 is 0 Å². The van der Waals surface area contributed by atoms with Crippen molar-refractivity contribution in [3.63, 3.8) is 0 Å². The van der Waals surface area contributed by atoms with Gasteiger partial charge in [0, 0.05) is 37.3 Å². The van der Waals surface area contributed by atoms with Gasteiger partial charge in [0.25, 0.3) is 5.69 Å². The molecule has 1 aliphatic rings. The molecular formula is C19H22N2O5S. The minimum Gasteiger partial charge on any atom is -0.381 e. The highest BCUT2D eigenvalue weighted by atomic mass is 32.2. The van der Waals surface area contributed by atoms with Crippen LogP contribution in [0.3, 0.4) is 0 Å². The summed E-state index contributed by atoms with van der Waals surface area (Å²) < 4.78 is 33.9. The Labute approximate surface area is 158 Å². The summed E-state index contributed by atoms with van der Waals surface area (Å²) in [6, 6.07) is 13.7. The van der Waals surface area contributed by atoms with Gasteiger partial charge in [-0.25, -0.2) is 13.1 Å². The predicted octanol–water partition coefficient (Wildman–Crippen LogP) is 2.93. The van der Waals surface area contributed by atoms with Crippen molar-refractivity contribution >= 4 is 15.7 Å². The van der Waals surface area contributed by atoms with E-state index >= 15 is 0 Å². The molecule has 0 saturated carbocycles. The largest absolute Gasteiger partial charge is 0.381 e. The van der Waals surface area contributed by atoms with Gasteiger partial charge in [0.05, 0.1) is 9.82 Å². The van der Waals surface area contributed by atoms with E-state index in [0.29, 0.717) is 31.6 Å². The molecule has 27 heavy (non-hydrogen) atoms. The molecule has 2 aromatic carbocycles. The third kappa shape index (κ3) is 4.18. The highest BCUT2D eigenvalue weighted by Gasteiger charge is 2.36. The number of sulfonamides is 1. The Bertz CT molecular complexity index is 922. The molecule has 2 aromatic rings. The average molecular weight is 390 g/mol. The summed E-state index contributed by atoms with van der Waals surface area (Å²) in [6.07, 6.45) is 1.40. The first-order chi connectivity index (χ1) is 12.8. The zero-order chi connectivity index (χ0) is 19.5. The van der Waals surface area contributed by atoms with Gasteiger partial charge in [-0.1, -0.05) is 36.4 Å². The van der Waals surface area contributed by atoms with Crippen molar-refractivity contribution in [2.24, 2.45) is 0 Å². The van der Waals surface area contributed by atoms with Crippen molar-refractivity contribution in [1.29, 1.82) is 0 Å². The van der Waals surface area contributed by atoms with Crippen molar-refractivity contribution in [3.05, 3.63) is 69.8 Å². The first kappa shape index (κ1) is 19.5. The van der Waals surface area contributed by atoms with E-state index in [9.17, 15) is 18.5 Å². The van der Waals surface area contributed by atoms with E-state index in [0.717, 1.165) is 11.6 Å². The first-order valence-electron chi connectivity index (χ1n) is 8.72. The van der Waals surface area contributed by atoms with Crippen LogP contribution in [-0.2, 0) is 20.2 Å². The minimum atomic E-state index is -3.89. The van der Waals surface area contributed by atoms with Crippen molar-refractivity contribution in [3.8, 4) is 0 Å². The lowest BCUT2D eigenvalue weighted by molar-refractivity contribution is -0.385. The molecule has 0 amide bonds. The van der Waals surface area contributed by atoms with Gasteiger partial charge in [-0.3, -0.25) is 10.1 Å². The van der Waals surface area contributed by atoms with Crippen LogP contribution in [-0.4, -0.2) is 33.1 Å². The molecule has 0 bridgehead atoms. The van der Waals surface area contributed by atoms with E-state index in [4.69, 9.17) is 4.74 Å². The molecule has 0 aliphatic carbocycles. The van der Waals surface area contributed by atoms with E-state index in [1.165, 1.54) is 12.1 Å². The molecule has 3 rings (SSSR count). The van der Waals surface area contributed by atoms with Crippen molar-refractivity contribution in [2.75, 3.05) is 19.8 Å². The summed E-state index contributed by atoms with van der Waals surface area (Å²) >= 11 is 0. The summed E-state index contributed by atoms with van der Waals surface area (Å²) in [6.45, 7) is 2.96. The number of hydrogen-bond donors (Lipinski definition) is 1. The lowest BCUT2D eigenvalue weighted by atomic mass is 9.74. The number of non-ortho nitro benzene ring substituents is 1. The lowest BCUT2D eigenvalue weighted by Crippen LogP contribution is -2.44. The zero-order valence-electron chi connectivity index (χ0n) is 15.1. The molecule has 1 fully saturated rings. The van der Waals surface area contributed by atoms with Crippen LogP contribution in [0.4, 0.5) is 5.69 Å². The second kappa shape index (κ2) is 7.75. The van der Waals surface area contributed by atoms with E-state index < -0.39 is 14.9 Å².